The number of rotatable bonds is 0. The van der Waals surface area contributed by atoms with E-state index in [4.69, 9.17) is 4.42 Å². The maximum absolute atomic E-state index is 5.86. The molecule has 0 unspecified atom stereocenters. The van der Waals surface area contributed by atoms with Gasteiger partial charge in [-0.25, -0.2) is 0 Å². The molecule has 0 radical (unpaired) electrons. The molecule has 0 fully saturated rings. The number of halogens is 1. The molecule has 0 spiro atoms. The zero-order valence-corrected chi connectivity index (χ0v) is 9.93. The van der Waals surface area contributed by atoms with Crippen LogP contribution in [0.25, 0.3) is 11.0 Å². The second-order valence-electron chi connectivity index (χ2n) is 3.92. The minimum atomic E-state index is 0.929. The van der Waals surface area contributed by atoms with Gasteiger partial charge in [-0.1, -0.05) is 15.9 Å². The largest absolute Gasteiger partial charge is 0.461 e. The Balaban J connectivity index is 2.24. The van der Waals surface area contributed by atoms with E-state index in [2.05, 4.69) is 27.3 Å². The second kappa shape index (κ2) is 3.65. The van der Waals surface area contributed by atoms with Crippen molar-refractivity contribution in [2.24, 2.45) is 0 Å². The summed E-state index contributed by atoms with van der Waals surface area (Å²) >= 11 is 3.50. The number of hydrogen-bond acceptors (Lipinski definition) is 2. The van der Waals surface area contributed by atoms with E-state index in [1.165, 1.54) is 10.9 Å². The normalized spacial score (nSPS) is 16.3. The minimum Gasteiger partial charge on any atom is -0.461 e. The maximum atomic E-state index is 5.86. The van der Waals surface area contributed by atoms with Gasteiger partial charge in [0.15, 0.2) is 0 Å². The first kappa shape index (κ1) is 9.43. The number of furan rings is 1. The number of fused-ring (bicyclic) bond motifs is 3. The van der Waals surface area contributed by atoms with Gasteiger partial charge < -0.3 is 9.73 Å². The lowest BCUT2D eigenvalue weighted by molar-refractivity contribution is 0.541. The Morgan fingerprint density at radius 2 is 2.27 bits per heavy atom. The van der Waals surface area contributed by atoms with E-state index in [0.29, 0.717) is 0 Å². The van der Waals surface area contributed by atoms with Gasteiger partial charge in [0.1, 0.15) is 11.3 Å². The molecule has 2 nitrogen and oxygen atoms in total. The Hall–Kier alpha value is -0.800. The Labute approximate surface area is 96.8 Å². The fourth-order valence-electron chi connectivity index (χ4n) is 2.15. The molecule has 0 aliphatic carbocycles. The van der Waals surface area contributed by atoms with Crippen LogP contribution in [0.5, 0.6) is 0 Å². The van der Waals surface area contributed by atoms with E-state index in [0.717, 1.165) is 41.7 Å². The number of hydrogen-bond donors (Lipinski definition) is 1. The van der Waals surface area contributed by atoms with Crippen molar-refractivity contribution in [1.29, 1.82) is 0 Å². The average molecular weight is 266 g/mol. The first-order valence-electron chi connectivity index (χ1n) is 5.25. The smallest absolute Gasteiger partial charge is 0.134 e. The van der Waals surface area contributed by atoms with Crippen LogP contribution in [-0.2, 0) is 13.0 Å². The Morgan fingerprint density at radius 1 is 1.33 bits per heavy atom. The van der Waals surface area contributed by atoms with Gasteiger partial charge in [-0.15, -0.1) is 0 Å². The molecule has 0 saturated heterocycles. The predicted molar refractivity (Wildman–Crippen MR) is 63.9 cm³/mol. The molecule has 1 aliphatic rings. The molecule has 78 valence electrons. The van der Waals surface area contributed by atoms with Crippen molar-refractivity contribution in [3.63, 3.8) is 0 Å². The summed E-state index contributed by atoms with van der Waals surface area (Å²) in [7, 11) is 0. The molecule has 3 rings (SSSR count). The van der Waals surface area contributed by atoms with Crippen LogP contribution >= 0.6 is 15.9 Å². The molecule has 2 aromatic rings. The van der Waals surface area contributed by atoms with Gasteiger partial charge in [0, 0.05) is 28.4 Å². The van der Waals surface area contributed by atoms with Crippen molar-refractivity contribution >= 4 is 26.9 Å². The van der Waals surface area contributed by atoms with E-state index in [-0.39, 0.29) is 0 Å². The summed E-state index contributed by atoms with van der Waals surface area (Å²) in [6, 6.07) is 6.21. The van der Waals surface area contributed by atoms with Gasteiger partial charge in [-0.05, 0) is 31.2 Å². The van der Waals surface area contributed by atoms with Crippen LogP contribution in [-0.4, -0.2) is 6.54 Å². The zero-order chi connectivity index (χ0) is 10.3. The lowest BCUT2D eigenvalue weighted by atomic mass is 10.1. The molecule has 1 aliphatic heterocycles. The van der Waals surface area contributed by atoms with Crippen LogP contribution in [0.4, 0.5) is 0 Å². The Kier molecular flexibility index (Phi) is 2.29. The number of aryl methyl sites for hydroxylation is 1. The highest BCUT2D eigenvalue weighted by Crippen LogP contribution is 2.30. The molecule has 0 amide bonds. The van der Waals surface area contributed by atoms with Crippen LogP contribution in [0.1, 0.15) is 17.7 Å². The molecule has 1 aromatic carbocycles. The Bertz CT molecular complexity index is 504. The third kappa shape index (κ3) is 1.60. The van der Waals surface area contributed by atoms with Crippen molar-refractivity contribution in [3.8, 4) is 0 Å². The minimum absolute atomic E-state index is 0.929. The summed E-state index contributed by atoms with van der Waals surface area (Å²) in [5.41, 5.74) is 2.34. The topological polar surface area (TPSA) is 25.2 Å². The van der Waals surface area contributed by atoms with Crippen LogP contribution in [0, 0.1) is 0 Å². The summed E-state index contributed by atoms with van der Waals surface area (Å²) < 4.78 is 6.98. The second-order valence-corrected chi connectivity index (χ2v) is 4.84. The van der Waals surface area contributed by atoms with Gasteiger partial charge in [0.2, 0.25) is 0 Å². The summed E-state index contributed by atoms with van der Waals surface area (Å²) in [5, 5.41) is 4.67. The summed E-state index contributed by atoms with van der Waals surface area (Å²) in [4.78, 5) is 0. The predicted octanol–water partition coefficient (Wildman–Crippen LogP) is 3.23. The number of nitrogens with one attached hydrogen (secondary N) is 1. The summed E-state index contributed by atoms with van der Waals surface area (Å²) in [6.07, 6.45) is 2.21. The average Bonchev–Trinajstić information content (AvgIpc) is 2.44. The molecule has 0 bridgehead atoms. The first-order valence-corrected chi connectivity index (χ1v) is 6.04. The summed E-state index contributed by atoms with van der Waals surface area (Å²) in [6.45, 7) is 2.01. The van der Waals surface area contributed by atoms with Crippen LogP contribution < -0.4 is 5.32 Å². The molecule has 15 heavy (non-hydrogen) atoms. The summed E-state index contributed by atoms with van der Waals surface area (Å²) in [5.74, 6) is 1.16. The van der Waals surface area contributed by atoms with Crippen molar-refractivity contribution in [1.82, 2.24) is 5.32 Å². The van der Waals surface area contributed by atoms with Crippen molar-refractivity contribution in [2.45, 2.75) is 19.4 Å². The highest BCUT2D eigenvalue weighted by atomic mass is 79.9. The fraction of sp³-hybridized carbons (Fsp3) is 0.333. The van der Waals surface area contributed by atoms with Gasteiger partial charge in [-0.3, -0.25) is 0 Å². The van der Waals surface area contributed by atoms with E-state index in [1.54, 1.807) is 0 Å². The maximum Gasteiger partial charge on any atom is 0.134 e. The SMILES string of the molecule is Brc1ccc2oc3c(c2c1)CNCCC3. The van der Waals surface area contributed by atoms with Crippen LogP contribution in [0.3, 0.4) is 0 Å². The molecule has 0 atom stereocenters. The van der Waals surface area contributed by atoms with Gasteiger partial charge in [0.25, 0.3) is 0 Å². The van der Waals surface area contributed by atoms with Gasteiger partial charge >= 0.3 is 0 Å². The molecule has 2 heterocycles. The van der Waals surface area contributed by atoms with Crippen molar-refractivity contribution in [2.75, 3.05) is 6.54 Å². The molecular formula is C12H12BrNO. The van der Waals surface area contributed by atoms with E-state index < -0.39 is 0 Å². The molecular weight excluding hydrogens is 254 g/mol. The molecule has 1 aromatic heterocycles. The number of benzene rings is 1. The monoisotopic (exact) mass is 265 g/mol. The van der Waals surface area contributed by atoms with Crippen molar-refractivity contribution in [3.05, 3.63) is 34.0 Å². The fourth-order valence-corrected chi connectivity index (χ4v) is 2.52. The lowest BCUT2D eigenvalue weighted by Gasteiger charge is -1.98. The first-order chi connectivity index (χ1) is 7.34. The molecule has 0 saturated carbocycles. The quantitative estimate of drug-likeness (QED) is 0.792. The van der Waals surface area contributed by atoms with E-state index >= 15 is 0 Å². The lowest BCUT2D eigenvalue weighted by Crippen LogP contribution is -2.11. The molecule has 1 N–H and O–H groups in total. The third-order valence-corrected chi connectivity index (χ3v) is 3.39. The van der Waals surface area contributed by atoms with Gasteiger partial charge in [-0.2, -0.15) is 0 Å². The highest BCUT2D eigenvalue weighted by Gasteiger charge is 2.15. The van der Waals surface area contributed by atoms with Crippen molar-refractivity contribution < 1.29 is 4.42 Å². The van der Waals surface area contributed by atoms with Crippen LogP contribution in [0.15, 0.2) is 27.1 Å². The van der Waals surface area contributed by atoms with Crippen LogP contribution in [0.2, 0.25) is 0 Å². The van der Waals surface area contributed by atoms with E-state index in [1.807, 2.05) is 12.1 Å². The van der Waals surface area contributed by atoms with Gasteiger partial charge in [0.05, 0.1) is 0 Å². The third-order valence-electron chi connectivity index (χ3n) is 2.90. The zero-order valence-electron chi connectivity index (χ0n) is 8.35. The van der Waals surface area contributed by atoms with E-state index in [9.17, 15) is 0 Å². The Morgan fingerprint density at radius 3 is 3.20 bits per heavy atom. The standard InChI is InChI=1S/C12H12BrNO/c13-8-3-4-12-9(6-8)10-7-14-5-1-2-11(10)15-12/h3-4,6,14H,1-2,5,7H2. The highest BCUT2D eigenvalue weighted by molar-refractivity contribution is 9.10. The molecule has 3 heteroatoms.